The highest BCUT2D eigenvalue weighted by Crippen LogP contribution is 2.30. The lowest BCUT2D eigenvalue weighted by Crippen LogP contribution is -2.14. The second-order valence-corrected chi connectivity index (χ2v) is 8.20. The van der Waals surface area contributed by atoms with Crippen LogP contribution in [0.2, 0.25) is 5.02 Å². The Morgan fingerprint density at radius 3 is 2.56 bits per heavy atom. The number of carbonyl (C=O) groups excluding carboxylic acids is 1. The molecule has 0 spiro atoms. The van der Waals surface area contributed by atoms with Crippen LogP contribution < -0.4 is 14.8 Å². The quantitative estimate of drug-likeness (QED) is 0.289. The van der Waals surface area contributed by atoms with Crippen molar-refractivity contribution in [3.63, 3.8) is 0 Å². The zero-order valence-electron chi connectivity index (χ0n) is 17.5. The number of carbonyl (C=O) groups is 1. The van der Waals surface area contributed by atoms with E-state index >= 15 is 0 Å². The van der Waals surface area contributed by atoms with Crippen molar-refractivity contribution in [2.75, 3.05) is 12.4 Å². The van der Waals surface area contributed by atoms with E-state index in [1.54, 1.807) is 30.3 Å². The maximum Gasteiger partial charge on any atom is 0.266 e. The van der Waals surface area contributed by atoms with Crippen LogP contribution >= 0.6 is 27.5 Å². The molecule has 162 valence electrons. The summed E-state index contributed by atoms with van der Waals surface area (Å²) >= 11 is 9.58. The number of aryl methyl sites for hydroxylation is 1. The SMILES string of the molecule is COc1cc(/C=C(\C#N)C(=O)Nc2c(C)cccc2Cl)ccc1OCc1ccc(Br)cc1. The minimum absolute atomic E-state index is 0.0603. The number of amides is 1. The van der Waals surface area contributed by atoms with Gasteiger partial charge in [0.25, 0.3) is 5.91 Å². The largest absolute Gasteiger partial charge is 0.493 e. The molecule has 3 rings (SSSR count). The highest BCUT2D eigenvalue weighted by molar-refractivity contribution is 9.10. The van der Waals surface area contributed by atoms with Crippen LogP contribution in [0.5, 0.6) is 11.5 Å². The molecule has 0 saturated heterocycles. The first kappa shape index (κ1) is 23.4. The van der Waals surface area contributed by atoms with Crippen molar-refractivity contribution in [2.45, 2.75) is 13.5 Å². The van der Waals surface area contributed by atoms with Crippen molar-refractivity contribution in [3.05, 3.63) is 92.4 Å². The molecule has 32 heavy (non-hydrogen) atoms. The third kappa shape index (κ3) is 5.91. The van der Waals surface area contributed by atoms with Crippen LogP contribution in [-0.4, -0.2) is 13.0 Å². The summed E-state index contributed by atoms with van der Waals surface area (Å²) in [5.41, 5.74) is 2.86. The Balaban J connectivity index is 1.77. The van der Waals surface area contributed by atoms with Crippen LogP contribution in [0.3, 0.4) is 0 Å². The first-order valence-electron chi connectivity index (χ1n) is 9.65. The monoisotopic (exact) mass is 510 g/mol. The first-order valence-corrected chi connectivity index (χ1v) is 10.8. The predicted octanol–water partition coefficient (Wildman–Crippen LogP) is 6.54. The Hall–Kier alpha value is -3.27. The molecule has 0 radical (unpaired) electrons. The van der Waals surface area contributed by atoms with Gasteiger partial charge in [0.05, 0.1) is 17.8 Å². The average Bonchev–Trinajstić information content (AvgIpc) is 2.79. The number of hydrogen-bond acceptors (Lipinski definition) is 4. The van der Waals surface area contributed by atoms with Gasteiger partial charge in [0.2, 0.25) is 0 Å². The van der Waals surface area contributed by atoms with Crippen LogP contribution in [0.1, 0.15) is 16.7 Å². The van der Waals surface area contributed by atoms with Gasteiger partial charge in [-0.05, 0) is 60.0 Å². The van der Waals surface area contributed by atoms with E-state index in [1.165, 1.54) is 13.2 Å². The van der Waals surface area contributed by atoms with Gasteiger partial charge in [0.1, 0.15) is 18.2 Å². The molecule has 1 N–H and O–H groups in total. The van der Waals surface area contributed by atoms with Crippen LogP contribution in [0.25, 0.3) is 6.08 Å². The molecule has 0 unspecified atom stereocenters. The van der Waals surface area contributed by atoms with Gasteiger partial charge in [-0.3, -0.25) is 4.79 Å². The van der Waals surface area contributed by atoms with Gasteiger partial charge < -0.3 is 14.8 Å². The summed E-state index contributed by atoms with van der Waals surface area (Å²) in [7, 11) is 1.54. The van der Waals surface area contributed by atoms with E-state index in [9.17, 15) is 10.1 Å². The summed E-state index contributed by atoms with van der Waals surface area (Å²) < 4.78 is 12.3. The Kier molecular flexibility index (Phi) is 7.93. The van der Waals surface area contributed by atoms with Crippen molar-refractivity contribution in [1.82, 2.24) is 0 Å². The molecule has 0 aliphatic carbocycles. The summed E-state index contributed by atoms with van der Waals surface area (Å²) in [4.78, 5) is 12.6. The Bertz CT molecular complexity index is 1180. The number of anilines is 1. The van der Waals surface area contributed by atoms with Gasteiger partial charge in [-0.15, -0.1) is 0 Å². The number of hydrogen-bond donors (Lipinski definition) is 1. The lowest BCUT2D eigenvalue weighted by Gasteiger charge is -2.12. The van der Waals surface area contributed by atoms with E-state index in [0.29, 0.717) is 34.4 Å². The predicted molar refractivity (Wildman–Crippen MR) is 130 cm³/mol. The fourth-order valence-electron chi connectivity index (χ4n) is 2.92. The molecular formula is C25H20BrClN2O3. The van der Waals surface area contributed by atoms with Crippen molar-refractivity contribution >= 4 is 45.2 Å². The van der Waals surface area contributed by atoms with E-state index in [0.717, 1.165) is 15.6 Å². The lowest BCUT2D eigenvalue weighted by molar-refractivity contribution is -0.112. The van der Waals surface area contributed by atoms with Gasteiger partial charge >= 0.3 is 0 Å². The molecule has 0 bridgehead atoms. The van der Waals surface area contributed by atoms with E-state index in [-0.39, 0.29) is 5.57 Å². The molecule has 0 heterocycles. The van der Waals surface area contributed by atoms with Crippen molar-refractivity contribution in [1.29, 1.82) is 5.26 Å². The van der Waals surface area contributed by atoms with Crippen LogP contribution in [0.4, 0.5) is 5.69 Å². The molecule has 0 atom stereocenters. The summed E-state index contributed by atoms with van der Waals surface area (Å²) in [6.45, 7) is 2.21. The van der Waals surface area contributed by atoms with Crippen LogP contribution in [0.15, 0.2) is 70.7 Å². The second-order valence-electron chi connectivity index (χ2n) is 6.88. The standard InChI is InChI=1S/C25H20BrClN2O3/c1-16-4-3-5-21(27)24(16)29-25(30)19(14-28)12-18-8-11-22(23(13-18)31-2)32-15-17-6-9-20(26)10-7-17/h3-13H,15H2,1-2H3,(H,29,30)/b19-12+. The van der Waals surface area contributed by atoms with Gasteiger partial charge in [-0.1, -0.05) is 57.9 Å². The normalized spacial score (nSPS) is 10.9. The lowest BCUT2D eigenvalue weighted by atomic mass is 10.1. The van der Waals surface area contributed by atoms with E-state index < -0.39 is 5.91 Å². The molecule has 0 aromatic heterocycles. The molecule has 3 aromatic carbocycles. The first-order chi connectivity index (χ1) is 15.4. The van der Waals surface area contributed by atoms with Gasteiger partial charge in [0, 0.05) is 4.47 Å². The molecule has 0 aliphatic heterocycles. The van der Waals surface area contributed by atoms with Gasteiger partial charge in [-0.25, -0.2) is 0 Å². The van der Waals surface area contributed by atoms with E-state index in [4.69, 9.17) is 21.1 Å². The van der Waals surface area contributed by atoms with Crippen LogP contribution in [-0.2, 0) is 11.4 Å². The fourth-order valence-corrected chi connectivity index (χ4v) is 3.45. The average molecular weight is 512 g/mol. The summed E-state index contributed by atoms with van der Waals surface area (Å²) in [6, 6.07) is 20.3. The zero-order valence-corrected chi connectivity index (χ0v) is 19.8. The molecular weight excluding hydrogens is 492 g/mol. The van der Waals surface area contributed by atoms with E-state index in [1.807, 2.05) is 43.3 Å². The molecule has 7 heteroatoms. The smallest absolute Gasteiger partial charge is 0.266 e. The Morgan fingerprint density at radius 2 is 1.91 bits per heavy atom. The second kappa shape index (κ2) is 10.9. The number of nitrogens with zero attached hydrogens (tertiary/aromatic N) is 1. The van der Waals surface area contributed by atoms with Gasteiger partial charge in [0.15, 0.2) is 11.5 Å². The Labute approximate surface area is 200 Å². The van der Waals surface area contributed by atoms with Crippen LogP contribution in [0, 0.1) is 18.3 Å². The molecule has 3 aromatic rings. The van der Waals surface area contributed by atoms with E-state index in [2.05, 4.69) is 21.2 Å². The van der Waals surface area contributed by atoms with Crippen molar-refractivity contribution in [2.24, 2.45) is 0 Å². The maximum atomic E-state index is 12.6. The van der Waals surface area contributed by atoms with Crippen molar-refractivity contribution < 1.29 is 14.3 Å². The minimum atomic E-state index is -0.543. The number of ether oxygens (including phenoxy) is 2. The number of methoxy groups -OCH3 is 1. The highest BCUT2D eigenvalue weighted by atomic mass is 79.9. The van der Waals surface area contributed by atoms with Crippen molar-refractivity contribution in [3.8, 4) is 17.6 Å². The number of halogens is 2. The number of rotatable bonds is 7. The maximum absolute atomic E-state index is 12.6. The third-order valence-corrected chi connectivity index (χ3v) is 5.48. The summed E-state index contributed by atoms with van der Waals surface area (Å²) in [6.07, 6.45) is 1.49. The molecule has 0 fully saturated rings. The summed E-state index contributed by atoms with van der Waals surface area (Å²) in [5, 5.41) is 12.6. The number of nitriles is 1. The number of benzene rings is 3. The molecule has 5 nitrogen and oxygen atoms in total. The number of nitrogens with one attached hydrogen (secondary N) is 1. The zero-order chi connectivity index (χ0) is 23.1. The fraction of sp³-hybridized carbons (Fsp3) is 0.120. The Morgan fingerprint density at radius 1 is 1.16 bits per heavy atom. The summed E-state index contributed by atoms with van der Waals surface area (Å²) in [5.74, 6) is 0.510. The van der Waals surface area contributed by atoms with Gasteiger partial charge in [-0.2, -0.15) is 5.26 Å². The molecule has 0 saturated carbocycles. The third-order valence-electron chi connectivity index (χ3n) is 4.63. The molecule has 0 aliphatic rings. The highest BCUT2D eigenvalue weighted by Gasteiger charge is 2.14. The minimum Gasteiger partial charge on any atom is -0.493 e. The molecule has 1 amide bonds. The topological polar surface area (TPSA) is 71.3 Å². The number of para-hydroxylation sites is 1.